The fraction of sp³-hybridized carbons (Fsp3) is 0.333. The number of rotatable bonds is 2. The van der Waals surface area contributed by atoms with Crippen LogP contribution in [0.15, 0.2) is 16.8 Å². The number of hydrogen-bond acceptors (Lipinski definition) is 4. The molecule has 0 amide bonds. The maximum absolute atomic E-state index is 10.6. The summed E-state index contributed by atoms with van der Waals surface area (Å²) in [4.78, 5) is 14.0. The average molecular weight is 165 g/mol. The van der Waals surface area contributed by atoms with Crippen LogP contribution in [0.1, 0.15) is 0 Å². The Labute approximate surface area is 87.3 Å². The van der Waals surface area contributed by atoms with Crippen LogP contribution in [0.4, 0.5) is 0 Å². The maximum Gasteiger partial charge on any atom is 1.00 e. The zero-order chi connectivity index (χ0) is 7.98. The molecular formula is C6H8NNaO3. The van der Waals surface area contributed by atoms with Gasteiger partial charge >= 0.3 is 35.5 Å². The summed E-state index contributed by atoms with van der Waals surface area (Å²) in [7, 11) is 2.67. The first kappa shape index (κ1) is 13.3. The maximum atomic E-state index is 10.6. The van der Waals surface area contributed by atoms with Gasteiger partial charge in [0.1, 0.15) is 0 Å². The van der Waals surface area contributed by atoms with Crippen molar-refractivity contribution in [2.45, 2.75) is 0 Å². The van der Waals surface area contributed by atoms with Crippen LogP contribution in [-0.2, 0) is 9.53 Å². The third-order valence-electron chi connectivity index (χ3n) is 0.816. The van der Waals surface area contributed by atoms with Gasteiger partial charge in [0.25, 0.3) is 0 Å². The Morgan fingerprint density at radius 3 is 2.45 bits per heavy atom. The Morgan fingerprint density at radius 1 is 1.64 bits per heavy atom. The van der Waals surface area contributed by atoms with E-state index < -0.39 is 5.97 Å². The van der Waals surface area contributed by atoms with Crippen LogP contribution < -0.4 is 34.7 Å². The van der Waals surface area contributed by atoms with Gasteiger partial charge in [-0.3, -0.25) is 4.99 Å². The molecule has 0 atom stereocenters. The molecule has 0 fully saturated rings. The van der Waals surface area contributed by atoms with Crippen LogP contribution in [0.2, 0.25) is 0 Å². The zero-order valence-corrected chi connectivity index (χ0v) is 8.83. The first-order chi connectivity index (χ1) is 4.76. The van der Waals surface area contributed by atoms with Crippen molar-refractivity contribution in [2.75, 3.05) is 14.2 Å². The van der Waals surface area contributed by atoms with E-state index in [1.807, 2.05) is 0 Å². The molecule has 0 saturated heterocycles. The first-order valence-electron chi connectivity index (χ1n) is 2.58. The van der Waals surface area contributed by atoms with Crippen molar-refractivity contribution < 1.29 is 44.2 Å². The van der Waals surface area contributed by atoms with Crippen molar-refractivity contribution in [3.8, 4) is 0 Å². The number of methoxy groups -OCH3 is 1. The minimum Gasteiger partial charge on any atom is -0.877 e. The number of carbonyl (C=O) groups excluding carboxylic acids is 1. The van der Waals surface area contributed by atoms with Gasteiger partial charge in [-0.1, -0.05) is 0 Å². The van der Waals surface area contributed by atoms with Crippen molar-refractivity contribution in [2.24, 2.45) is 4.99 Å². The molecule has 11 heavy (non-hydrogen) atoms. The normalized spacial score (nSPS) is 10.9. The van der Waals surface area contributed by atoms with Crippen molar-refractivity contribution in [1.82, 2.24) is 0 Å². The molecule has 0 unspecified atom stereocenters. The third-order valence-corrected chi connectivity index (χ3v) is 0.816. The van der Waals surface area contributed by atoms with Crippen LogP contribution in [-0.4, -0.2) is 26.3 Å². The molecule has 0 radical (unpaired) electrons. The summed E-state index contributed by atoms with van der Waals surface area (Å²) in [6, 6.07) is 0. The van der Waals surface area contributed by atoms with E-state index >= 15 is 0 Å². The number of ether oxygens (including phenoxy) is 1. The largest absolute Gasteiger partial charge is 1.00 e. The monoisotopic (exact) mass is 165 g/mol. The van der Waals surface area contributed by atoms with E-state index in [2.05, 4.69) is 9.73 Å². The second-order valence-corrected chi connectivity index (χ2v) is 1.45. The predicted octanol–water partition coefficient (Wildman–Crippen LogP) is -3.89. The van der Waals surface area contributed by atoms with Gasteiger partial charge in [-0.05, 0) is 0 Å². The molecule has 56 valence electrons. The summed E-state index contributed by atoms with van der Waals surface area (Å²) in [6.07, 6.45) is 1.55. The summed E-state index contributed by atoms with van der Waals surface area (Å²) >= 11 is 0. The van der Waals surface area contributed by atoms with Gasteiger partial charge in [0.15, 0.2) is 0 Å². The number of esters is 1. The van der Waals surface area contributed by atoms with Gasteiger partial charge in [0, 0.05) is 13.3 Å². The van der Waals surface area contributed by atoms with E-state index in [-0.39, 0.29) is 35.1 Å². The molecule has 0 saturated carbocycles. The molecule has 0 rings (SSSR count). The molecule has 0 bridgehead atoms. The topological polar surface area (TPSA) is 61.7 Å². The van der Waals surface area contributed by atoms with E-state index in [0.29, 0.717) is 6.26 Å². The van der Waals surface area contributed by atoms with Crippen molar-refractivity contribution in [3.63, 3.8) is 0 Å². The van der Waals surface area contributed by atoms with Crippen LogP contribution in [0.3, 0.4) is 0 Å². The number of hydrogen-bond donors (Lipinski definition) is 0. The van der Waals surface area contributed by atoms with Gasteiger partial charge in [0.05, 0.1) is 12.7 Å². The summed E-state index contributed by atoms with van der Waals surface area (Å²) in [5.41, 5.74) is -0.0787. The molecule has 0 aliphatic carbocycles. The second kappa shape index (κ2) is 7.78. The molecule has 5 heteroatoms. The van der Waals surface area contributed by atoms with E-state index in [1.165, 1.54) is 14.2 Å². The molecule has 0 aromatic heterocycles. The zero-order valence-electron chi connectivity index (χ0n) is 6.83. The summed E-state index contributed by atoms with van der Waals surface area (Å²) in [6.45, 7) is 0. The predicted molar refractivity (Wildman–Crippen MR) is 34.5 cm³/mol. The Bertz CT molecular complexity index is 177. The minimum atomic E-state index is -0.666. The summed E-state index contributed by atoms with van der Waals surface area (Å²) < 4.78 is 4.26. The molecular weight excluding hydrogens is 157 g/mol. The van der Waals surface area contributed by atoms with Gasteiger partial charge in [-0.2, -0.15) is 0 Å². The molecule has 0 heterocycles. The van der Waals surface area contributed by atoms with E-state index in [9.17, 15) is 9.90 Å². The average Bonchev–Trinajstić information content (AvgIpc) is 1.99. The fourth-order valence-electron chi connectivity index (χ4n) is 0.388. The molecule has 0 N–H and O–H groups in total. The quantitative estimate of drug-likeness (QED) is 0.138. The van der Waals surface area contributed by atoms with Gasteiger partial charge in [0.2, 0.25) is 0 Å². The van der Waals surface area contributed by atoms with Gasteiger partial charge < -0.3 is 9.84 Å². The smallest absolute Gasteiger partial charge is 0.877 e. The SMILES string of the molecule is CN=C/C(=C/[O-])C(=O)OC.[Na+]. The number of carbonyl (C=O) groups is 1. The fourth-order valence-corrected chi connectivity index (χ4v) is 0.388. The van der Waals surface area contributed by atoms with E-state index in [1.54, 1.807) is 0 Å². The Morgan fingerprint density at radius 2 is 2.18 bits per heavy atom. The van der Waals surface area contributed by atoms with Crippen LogP contribution in [0, 0.1) is 0 Å². The molecule has 0 aliphatic rings. The molecule has 0 spiro atoms. The van der Waals surface area contributed by atoms with E-state index in [4.69, 9.17) is 0 Å². The van der Waals surface area contributed by atoms with E-state index in [0.717, 1.165) is 6.21 Å². The molecule has 4 nitrogen and oxygen atoms in total. The molecule has 0 aromatic rings. The number of aliphatic imine (C=N–C) groups is 1. The van der Waals surface area contributed by atoms with Crippen molar-refractivity contribution >= 4 is 12.2 Å². The standard InChI is InChI=1S/C6H9NO3.Na/c1-7-3-5(4-8)6(9)10-2;/h3-4,8H,1-2H3;/q;+1/p-1/b5-4-,7-3?;. The van der Waals surface area contributed by atoms with Gasteiger partial charge in [-0.25, -0.2) is 4.79 Å². The van der Waals surface area contributed by atoms with Crippen LogP contribution in [0.25, 0.3) is 0 Å². The molecule has 0 aromatic carbocycles. The first-order valence-corrected chi connectivity index (χ1v) is 2.58. The summed E-state index contributed by atoms with van der Waals surface area (Å²) in [5, 5.41) is 10.1. The van der Waals surface area contributed by atoms with Gasteiger partial charge in [-0.15, -0.1) is 6.26 Å². The summed E-state index contributed by atoms with van der Waals surface area (Å²) in [5.74, 6) is -0.666. The third kappa shape index (κ3) is 5.01. The second-order valence-electron chi connectivity index (χ2n) is 1.45. The van der Waals surface area contributed by atoms with Crippen LogP contribution in [0.5, 0.6) is 0 Å². The van der Waals surface area contributed by atoms with Crippen molar-refractivity contribution in [1.29, 1.82) is 0 Å². The minimum absolute atomic E-state index is 0. The van der Waals surface area contributed by atoms with Crippen LogP contribution >= 0.6 is 0 Å². The number of nitrogens with zero attached hydrogens (tertiary/aromatic N) is 1. The Balaban J connectivity index is 0. The molecule has 0 aliphatic heterocycles. The Hall–Kier alpha value is -0.320. The Kier molecular flexibility index (Phi) is 9.40. The van der Waals surface area contributed by atoms with Crippen molar-refractivity contribution in [3.05, 3.63) is 11.8 Å².